The summed E-state index contributed by atoms with van der Waals surface area (Å²) >= 11 is 3.64. The Balaban J connectivity index is 0.000000758. The highest BCUT2D eigenvalue weighted by Crippen LogP contribution is 2.29. The van der Waals surface area contributed by atoms with Gasteiger partial charge in [-0.25, -0.2) is 4.98 Å². The first-order chi connectivity index (χ1) is 12.6. The van der Waals surface area contributed by atoms with Gasteiger partial charge >= 0.3 is 6.15 Å². The number of nitrogens with zero attached hydrogens (tertiary/aromatic N) is 2. The third-order valence-corrected chi connectivity index (χ3v) is 5.86. The monoisotopic (exact) mass is 425 g/mol. The van der Waals surface area contributed by atoms with E-state index >= 15 is 0 Å². The van der Waals surface area contributed by atoms with Crippen molar-refractivity contribution in [2.24, 2.45) is 5.92 Å². The number of aryl methyl sites for hydroxylation is 1. The quantitative estimate of drug-likeness (QED) is 0.771. The van der Waals surface area contributed by atoms with Crippen molar-refractivity contribution in [2.75, 3.05) is 24.6 Å². The minimum Gasteiger partial charge on any atom is -0.396 e. The molecule has 0 aromatic carbocycles. The van der Waals surface area contributed by atoms with Crippen LogP contribution in [0.25, 0.3) is 0 Å². The predicted octanol–water partition coefficient (Wildman–Crippen LogP) is 2.68. The van der Waals surface area contributed by atoms with Crippen LogP contribution in [0.4, 0.5) is 5.82 Å². The number of aliphatic hydroxyl groups excluding tert-OH is 1. The molecule has 2 unspecified atom stereocenters. The molecule has 2 aliphatic rings. The van der Waals surface area contributed by atoms with E-state index in [1.165, 1.54) is 32.1 Å². The van der Waals surface area contributed by atoms with Gasteiger partial charge in [0.2, 0.25) is 0 Å². The first-order valence-electron chi connectivity index (χ1n) is 9.32. The van der Waals surface area contributed by atoms with E-state index in [1.54, 1.807) is 0 Å². The van der Waals surface area contributed by atoms with E-state index in [2.05, 4.69) is 44.1 Å². The van der Waals surface area contributed by atoms with Gasteiger partial charge < -0.3 is 15.3 Å². The fourth-order valence-electron chi connectivity index (χ4n) is 3.96. The Morgan fingerprint density at radius 1 is 1.31 bits per heavy atom. The molecule has 2 atom stereocenters. The molecule has 1 aliphatic carbocycles. The zero-order chi connectivity index (χ0) is 18.9. The Labute approximate surface area is 163 Å². The minimum absolute atomic E-state index is 0.240. The SMILES string of the molecule is Cc1cnc(N2CCC(NC3CCCCC3)C(CO)C2)c(Br)c1.O=C=O. The van der Waals surface area contributed by atoms with E-state index in [-0.39, 0.29) is 18.7 Å². The number of hydrogen-bond acceptors (Lipinski definition) is 6. The van der Waals surface area contributed by atoms with Crippen LogP contribution in [-0.4, -0.2) is 48.0 Å². The number of carbonyl (C=O) groups excluding carboxylic acids is 2. The van der Waals surface area contributed by atoms with Crippen molar-refractivity contribution in [1.29, 1.82) is 0 Å². The molecule has 1 saturated carbocycles. The summed E-state index contributed by atoms with van der Waals surface area (Å²) in [7, 11) is 0. The van der Waals surface area contributed by atoms with Crippen molar-refractivity contribution in [3.8, 4) is 0 Å². The van der Waals surface area contributed by atoms with E-state index < -0.39 is 0 Å². The predicted molar refractivity (Wildman–Crippen MR) is 103 cm³/mol. The molecule has 1 saturated heterocycles. The van der Waals surface area contributed by atoms with Crippen LogP contribution in [0.15, 0.2) is 16.7 Å². The van der Waals surface area contributed by atoms with Crippen molar-refractivity contribution in [3.63, 3.8) is 0 Å². The number of nitrogens with one attached hydrogen (secondary N) is 1. The molecule has 0 amide bonds. The van der Waals surface area contributed by atoms with Crippen LogP contribution in [-0.2, 0) is 9.59 Å². The molecule has 0 spiro atoms. The van der Waals surface area contributed by atoms with Gasteiger partial charge in [-0.15, -0.1) is 0 Å². The van der Waals surface area contributed by atoms with Crippen LogP contribution >= 0.6 is 15.9 Å². The Kier molecular flexibility index (Phi) is 8.72. The Bertz CT molecular complexity index is 602. The molecule has 26 heavy (non-hydrogen) atoms. The largest absolute Gasteiger partial charge is 0.396 e. The van der Waals surface area contributed by atoms with Gasteiger partial charge in [0, 0.05) is 43.9 Å². The lowest BCUT2D eigenvalue weighted by molar-refractivity contribution is -0.191. The van der Waals surface area contributed by atoms with Crippen LogP contribution in [0.5, 0.6) is 0 Å². The molecule has 6 nitrogen and oxygen atoms in total. The van der Waals surface area contributed by atoms with Crippen molar-refractivity contribution in [1.82, 2.24) is 10.3 Å². The Morgan fingerprint density at radius 2 is 2.00 bits per heavy atom. The highest BCUT2D eigenvalue weighted by atomic mass is 79.9. The van der Waals surface area contributed by atoms with Gasteiger partial charge in [0.05, 0.1) is 4.47 Å². The number of rotatable bonds is 4. The normalized spacial score (nSPS) is 23.7. The summed E-state index contributed by atoms with van der Waals surface area (Å²) in [4.78, 5) is 23.1. The highest BCUT2D eigenvalue weighted by Gasteiger charge is 2.31. The third-order valence-electron chi connectivity index (χ3n) is 5.28. The first-order valence-corrected chi connectivity index (χ1v) is 10.1. The molecule has 2 fully saturated rings. The van der Waals surface area contributed by atoms with Crippen molar-refractivity contribution in [2.45, 2.75) is 57.5 Å². The maximum atomic E-state index is 9.87. The van der Waals surface area contributed by atoms with Gasteiger partial charge in [-0.3, -0.25) is 0 Å². The number of aliphatic hydroxyl groups is 1. The average Bonchev–Trinajstić information content (AvgIpc) is 2.64. The average molecular weight is 426 g/mol. The van der Waals surface area contributed by atoms with Crippen molar-refractivity contribution < 1.29 is 14.7 Å². The highest BCUT2D eigenvalue weighted by molar-refractivity contribution is 9.10. The lowest BCUT2D eigenvalue weighted by atomic mass is 9.89. The van der Waals surface area contributed by atoms with Gasteiger partial charge in [-0.2, -0.15) is 9.59 Å². The number of aromatic nitrogens is 1. The lowest BCUT2D eigenvalue weighted by Crippen LogP contribution is -2.53. The first kappa shape index (κ1) is 21.0. The van der Waals surface area contributed by atoms with Crippen molar-refractivity contribution in [3.05, 3.63) is 22.3 Å². The summed E-state index contributed by atoms with van der Waals surface area (Å²) in [6.45, 7) is 4.16. The standard InChI is InChI=1S/C18H28BrN3O.CO2/c1-13-9-16(19)18(20-10-13)22-8-7-17(14(11-22)12-23)21-15-5-3-2-4-6-15;2-1-3/h9-10,14-15,17,21,23H,2-8,11-12H2,1H3;. The fraction of sp³-hybridized carbons (Fsp3) is 0.684. The number of pyridine rings is 1. The molecular weight excluding hydrogens is 398 g/mol. The summed E-state index contributed by atoms with van der Waals surface area (Å²) in [5.74, 6) is 1.28. The van der Waals surface area contributed by atoms with Gasteiger partial charge in [0.25, 0.3) is 0 Å². The molecule has 2 heterocycles. The smallest absolute Gasteiger partial charge is 0.373 e. The van der Waals surface area contributed by atoms with E-state index in [0.29, 0.717) is 12.1 Å². The Morgan fingerprint density at radius 3 is 2.62 bits per heavy atom. The maximum absolute atomic E-state index is 9.87. The van der Waals surface area contributed by atoms with Crippen LogP contribution in [0.1, 0.15) is 44.1 Å². The van der Waals surface area contributed by atoms with Crippen LogP contribution in [0.3, 0.4) is 0 Å². The van der Waals surface area contributed by atoms with E-state index in [1.807, 2.05) is 6.20 Å². The molecule has 3 rings (SSSR count). The van der Waals surface area contributed by atoms with E-state index in [4.69, 9.17) is 9.59 Å². The van der Waals surface area contributed by atoms with Crippen LogP contribution < -0.4 is 10.2 Å². The zero-order valence-electron chi connectivity index (χ0n) is 15.3. The van der Waals surface area contributed by atoms with E-state index in [9.17, 15) is 5.11 Å². The van der Waals surface area contributed by atoms with Gasteiger partial charge in [0.15, 0.2) is 0 Å². The fourth-order valence-corrected chi connectivity index (χ4v) is 4.67. The molecule has 144 valence electrons. The number of hydrogen-bond donors (Lipinski definition) is 2. The molecule has 2 N–H and O–H groups in total. The molecule has 0 radical (unpaired) electrons. The second kappa shape index (κ2) is 10.8. The topological polar surface area (TPSA) is 82.5 Å². The number of halogens is 1. The summed E-state index contributed by atoms with van der Waals surface area (Å²) in [6.07, 6.45) is 9.91. The van der Waals surface area contributed by atoms with Crippen LogP contribution in [0, 0.1) is 12.8 Å². The Hall–Kier alpha value is -1.27. The molecular formula is C19H28BrN3O3. The second-order valence-corrected chi connectivity index (χ2v) is 8.04. The van der Waals surface area contributed by atoms with Gasteiger partial charge in [-0.1, -0.05) is 19.3 Å². The summed E-state index contributed by atoms with van der Waals surface area (Å²) in [6, 6.07) is 3.20. The molecule has 7 heteroatoms. The summed E-state index contributed by atoms with van der Waals surface area (Å²) in [5.41, 5.74) is 1.16. The zero-order valence-corrected chi connectivity index (χ0v) is 16.9. The third kappa shape index (κ3) is 5.88. The maximum Gasteiger partial charge on any atom is 0.373 e. The number of piperidine rings is 1. The molecule has 1 aromatic rings. The lowest BCUT2D eigenvalue weighted by Gasteiger charge is -2.41. The molecule has 1 aromatic heterocycles. The number of anilines is 1. The second-order valence-electron chi connectivity index (χ2n) is 7.19. The van der Waals surface area contributed by atoms with Crippen molar-refractivity contribution >= 4 is 27.9 Å². The minimum atomic E-state index is 0.240. The van der Waals surface area contributed by atoms with Gasteiger partial charge in [-0.05, 0) is 53.7 Å². The summed E-state index contributed by atoms with van der Waals surface area (Å²) in [5, 5.41) is 13.7. The van der Waals surface area contributed by atoms with Gasteiger partial charge in [0.1, 0.15) is 5.82 Å². The summed E-state index contributed by atoms with van der Waals surface area (Å²) < 4.78 is 1.05. The molecule has 0 bridgehead atoms. The molecule has 1 aliphatic heterocycles. The van der Waals surface area contributed by atoms with Crippen LogP contribution in [0.2, 0.25) is 0 Å². The van der Waals surface area contributed by atoms with E-state index in [0.717, 1.165) is 35.4 Å².